The van der Waals surface area contributed by atoms with Crippen LogP contribution in [0.4, 0.5) is 11.4 Å². The highest BCUT2D eigenvalue weighted by Gasteiger charge is 2.27. The molecule has 0 saturated heterocycles. The Kier molecular flexibility index (Phi) is 5.30. The van der Waals surface area contributed by atoms with Crippen LogP contribution in [0.2, 0.25) is 0 Å². The van der Waals surface area contributed by atoms with Gasteiger partial charge in [-0.25, -0.2) is 0 Å². The van der Waals surface area contributed by atoms with Crippen molar-refractivity contribution >= 4 is 28.2 Å². The van der Waals surface area contributed by atoms with Crippen molar-refractivity contribution in [2.45, 2.75) is 25.9 Å². The summed E-state index contributed by atoms with van der Waals surface area (Å²) in [7, 11) is 0. The molecule has 0 amide bonds. The molecule has 0 fully saturated rings. The summed E-state index contributed by atoms with van der Waals surface area (Å²) < 4.78 is 4.81. The average molecular weight is 333 g/mol. The summed E-state index contributed by atoms with van der Waals surface area (Å²) in [5.41, 5.74) is -0.755. The highest BCUT2D eigenvalue weighted by Crippen LogP contribution is 2.32. The number of esters is 1. The Morgan fingerprint density at radius 3 is 2.88 bits per heavy atom. The van der Waals surface area contributed by atoms with E-state index >= 15 is 0 Å². The van der Waals surface area contributed by atoms with Crippen LogP contribution in [-0.2, 0) is 9.53 Å². The number of nitro benzene ring substituents is 1. The van der Waals surface area contributed by atoms with Gasteiger partial charge >= 0.3 is 11.7 Å². The van der Waals surface area contributed by atoms with Gasteiger partial charge in [-0.2, -0.15) is 0 Å². The zero-order valence-electron chi connectivity index (χ0n) is 13.5. The van der Waals surface area contributed by atoms with E-state index in [1.165, 1.54) is 13.0 Å². The van der Waals surface area contributed by atoms with Gasteiger partial charge in [-0.05, 0) is 38.1 Å². The van der Waals surface area contributed by atoms with Gasteiger partial charge in [-0.3, -0.25) is 19.9 Å². The topological polar surface area (TPSA) is 115 Å². The molecule has 0 radical (unpaired) electrons. The molecule has 0 unspecified atom stereocenters. The summed E-state index contributed by atoms with van der Waals surface area (Å²) >= 11 is 0. The molecule has 0 bridgehead atoms. The number of fused-ring (bicyclic) bond motifs is 1. The van der Waals surface area contributed by atoms with E-state index in [1.54, 1.807) is 31.3 Å². The Morgan fingerprint density at radius 2 is 2.21 bits per heavy atom. The summed E-state index contributed by atoms with van der Waals surface area (Å²) in [6.45, 7) is 3.33. The monoisotopic (exact) mass is 333 g/mol. The van der Waals surface area contributed by atoms with Gasteiger partial charge in [0, 0.05) is 12.7 Å². The minimum Gasteiger partial charge on any atom is -0.466 e. The molecule has 1 atom stereocenters. The molecule has 8 heteroatoms. The van der Waals surface area contributed by atoms with Crippen LogP contribution in [0.15, 0.2) is 30.5 Å². The maximum atomic E-state index is 11.5. The van der Waals surface area contributed by atoms with Gasteiger partial charge in [0.05, 0.1) is 34.5 Å². The molecule has 8 nitrogen and oxygen atoms in total. The number of ether oxygens (including phenoxy) is 1. The smallest absolute Gasteiger partial charge is 0.308 e. The van der Waals surface area contributed by atoms with E-state index in [2.05, 4.69) is 10.3 Å². The first-order valence-electron chi connectivity index (χ1n) is 7.48. The van der Waals surface area contributed by atoms with Gasteiger partial charge in [0.25, 0.3) is 0 Å². The minimum absolute atomic E-state index is 0.0432. The Hall–Kier alpha value is -2.74. The molecule has 1 aromatic heterocycles. The van der Waals surface area contributed by atoms with Crippen LogP contribution in [0.5, 0.6) is 0 Å². The fourth-order valence-electron chi connectivity index (χ4n) is 2.35. The van der Waals surface area contributed by atoms with Crippen molar-refractivity contribution in [1.82, 2.24) is 4.98 Å². The lowest BCUT2D eigenvalue weighted by Crippen LogP contribution is -2.36. The highest BCUT2D eigenvalue weighted by molar-refractivity contribution is 5.94. The predicted molar refractivity (Wildman–Crippen MR) is 88.8 cm³/mol. The molecule has 128 valence electrons. The summed E-state index contributed by atoms with van der Waals surface area (Å²) in [4.78, 5) is 26.5. The van der Waals surface area contributed by atoms with Crippen molar-refractivity contribution in [2.24, 2.45) is 0 Å². The molecule has 1 heterocycles. The van der Waals surface area contributed by atoms with E-state index in [0.717, 1.165) is 0 Å². The van der Waals surface area contributed by atoms with Crippen LogP contribution < -0.4 is 5.32 Å². The number of aliphatic hydroxyl groups is 1. The predicted octanol–water partition coefficient (Wildman–Crippen LogP) is 2.26. The van der Waals surface area contributed by atoms with Crippen molar-refractivity contribution < 1.29 is 19.6 Å². The summed E-state index contributed by atoms with van der Waals surface area (Å²) in [6.07, 6.45) is 1.35. The maximum absolute atomic E-state index is 11.5. The third kappa shape index (κ3) is 4.17. The van der Waals surface area contributed by atoms with E-state index in [-0.39, 0.29) is 30.9 Å². The molecule has 2 rings (SSSR count). The van der Waals surface area contributed by atoms with Crippen molar-refractivity contribution in [1.29, 1.82) is 0 Å². The lowest BCUT2D eigenvalue weighted by molar-refractivity contribution is -0.382. The van der Waals surface area contributed by atoms with Gasteiger partial charge < -0.3 is 15.2 Å². The third-order valence-electron chi connectivity index (χ3n) is 3.43. The number of hydrogen-bond donors (Lipinski definition) is 2. The number of benzene rings is 1. The van der Waals surface area contributed by atoms with E-state index in [9.17, 15) is 20.0 Å². The number of nitrogens with zero attached hydrogens (tertiary/aromatic N) is 2. The molecule has 0 aliphatic rings. The van der Waals surface area contributed by atoms with E-state index in [4.69, 9.17) is 4.74 Å². The van der Waals surface area contributed by atoms with Crippen molar-refractivity contribution in [3.05, 3.63) is 40.6 Å². The Bertz CT molecular complexity index is 760. The first kappa shape index (κ1) is 17.6. The number of nitro groups is 1. The zero-order valence-corrected chi connectivity index (χ0v) is 13.5. The molecule has 2 aromatic rings. The van der Waals surface area contributed by atoms with Crippen molar-refractivity contribution in [2.75, 3.05) is 18.5 Å². The van der Waals surface area contributed by atoms with Gasteiger partial charge in [0.2, 0.25) is 0 Å². The second-order valence-corrected chi connectivity index (χ2v) is 5.62. The normalized spacial score (nSPS) is 13.3. The number of hydrogen-bond acceptors (Lipinski definition) is 7. The number of carbonyl (C=O) groups is 1. The molecule has 0 aliphatic heterocycles. The van der Waals surface area contributed by atoms with Crippen LogP contribution >= 0.6 is 0 Å². The molecule has 2 N–H and O–H groups in total. The van der Waals surface area contributed by atoms with E-state index < -0.39 is 16.5 Å². The quantitative estimate of drug-likeness (QED) is 0.453. The molecule has 1 aromatic carbocycles. The molecular formula is C16H19N3O5. The number of pyridine rings is 1. The fraction of sp³-hybridized carbons (Fsp3) is 0.375. The van der Waals surface area contributed by atoms with Gasteiger partial charge in [-0.15, -0.1) is 0 Å². The number of carbonyl (C=O) groups excluding carboxylic acids is 1. The fourth-order valence-corrected chi connectivity index (χ4v) is 2.35. The standard InChI is InChI=1S/C16H19N3O5/c1-3-24-14(20)9-16(2,21)10-18-13-7-6-12-11(5-4-8-17-12)15(13)19(22)23/h4-8,18,21H,3,9-10H2,1-2H3/t16-/m0/s1. The first-order valence-corrected chi connectivity index (χ1v) is 7.48. The third-order valence-corrected chi connectivity index (χ3v) is 3.43. The van der Waals surface area contributed by atoms with Crippen LogP contribution in [0.3, 0.4) is 0 Å². The SMILES string of the molecule is CCOC(=O)C[C@](C)(O)CNc1ccc2ncccc2c1[N+](=O)[O-]. The first-order chi connectivity index (χ1) is 11.3. The number of rotatable bonds is 7. The lowest BCUT2D eigenvalue weighted by atomic mass is 10.0. The summed E-state index contributed by atoms with van der Waals surface area (Å²) in [5, 5.41) is 24.9. The lowest BCUT2D eigenvalue weighted by Gasteiger charge is -2.23. The van der Waals surface area contributed by atoms with Gasteiger partial charge in [0.1, 0.15) is 5.69 Å². The van der Waals surface area contributed by atoms with Crippen molar-refractivity contribution in [3.8, 4) is 0 Å². The van der Waals surface area contributed by atoms with Crippen LogP contribution in [-0.4, -0.2) is 39.7 Å². The van der Waals surface area contributed by atoms with Crippen LogP contribution in [0.1, 0.15) is 20.3 Å². The average Bonchev–Trinajstić information content (AvgIpc) is 2.51. The van der Waals surface area contributed by atoms with Gasteiger partial charge in [-0.1, -0.05) is 0 Å². The largest absolute Gasteiger partial charge is 0.466 e. The summed E-state index contributed by atoms with van der Waals surface area (Å²) in [5.74, 6) is -0.526. The Morgan fingerprint density at radius 1 is 1.46 bits per heavy atom. The Labute approximate surface area is 138 Å². The molecule has 0 aliphatic carbocycles. The Balaban J connectivity index is 2.22. The van der Waals surface area contributed by atoms with Gasteiger partial charge in [0.15, 0.2) is 0 Å². The van der Waals surface area contributed by atoms with E-state index in [0.29, 0.717) is 10.9 Å². The second kappa shape index (κ2) is 7.22. The molecule has 0 saturated carbocycles. The molecule has 24 heavy (non-hydrogen) atoms. The molecular weight excluding hydrogens is 314 g/mol. The number of aromatic nitrogens is 1. The van der Waals surface area contributed by atoms with E-state index in [1.807, 2.05) is 0 Å². The zero-order chi connectivity index (χ0) is 17.7. The number of anilines is 1. The maximum Gasteiger partial charge on any atom is 0.308 e. The molecule has 0 spiro atoms. The summed E-state index contributed by atoms with van der Waals surface area (Å²) in [6, 6.07) is 6.43. The van der Waals surface area contributed by atoms with Crippen LogP contribution in [0.25, 0.3) is 10.9 Å². The second-order valence-electron chi connectivity index (χ2n) is 5.62. The highest BCUT2D eigenvalue weighted by atomic mass is 16.6. The number of nitrogens with one attached hydrogen (secondary N) is 1. The van der Waals surface area contributed by atoms with Crippen molar-refractivity contribution in [3.63, 3.8) is 0 Å². The van der Waals surface area contributed by atoms with Crippen LogP contribution in [0, 0.1) is 10.1 Å². The minimum atomic E-state index is -1.40.